The lowest BCUT2D eigenvalue weighted by Crippen LogP contribution is -2.06. The highest BCUT2D eigenvalue weighted by Gasteiger charge is 2.44. The topological polar surface area (TPSA) is 29.4 Å². The maximum Gasteiger partial charge on any atom is 0.103 e. The first kappa shape index (κ1) is 9.69. The lowest BCUT2D eigenvalue weighted by Gasteiger charge is -2.11. The van der Waals surface area contributed by atoms with Crippen LogP contribution in [0.1, 0.15) is 52.4 Å². The molecule has 0 bridgehead atoms. The normalized spacial score (nSPS) is 21.8. The molecule has 0 amide bonds. The molecule has 12 heavy (non-hydrogen) atoms. The lowest BCUT2D eigenvalue weighted by atomic mass is 9.97. The highest BCUT2D eigenvalue weighted by atomic mass is 16.3. The molecule has 0 N–H and O–H groups in total. The molecule has 1 aliphatic rings. The van der Waals surface area contributed by atoms with Gasteiger partial charge >= 0.3 is 0 Å². The van der Waals surface area contributed by atoms with Crippen LogP contribution in [0.2, 0.25) is 0 Å². The maximum atomic E-state index is 10.4. The summed E-state index contributed by atoms with van der Waals surface area (Å²) in [5.74, 6) is 0.772. The Balaban J connectivity index is 2.12. The third-order valence-corrected chi connectivity index (χ3v) is 2.90. The Morgan fingerprint density at radius 1 is 1.42 bits per heavy atom. The molecule has 1 fully saturated rings. The van der Waals surface area contributed by atoms with Crippen molar-refractivity contribution in [3.05, 3.63) is 4.91 Å². The smallest absolute Gasteiger partial charge is 0.103 e. The van der Waals surface area contributed by atoms with Gasteiger partial charge in [0.05, 0.1) is 0 Å². The van der Waals surface area contributed by atoms with Gasteiger partial charge in [-0.25, -0.2) is 0 Å². The van der Waals surface area contributed by atoms with Crippen molar-refractivity contribution in [3.8, 4) is 0 Å². The van der Waals surface area contributed by atoms with Crippen LogP contribution < -0.4 is 0 Å². The Hall–Kier alpha value is -0.400. The van der Waals surface area contributed by atoms with E-state index in [1.54, 1.807) is 0 Å². The van der Waals surface area contributed by atoms with E-state index in [-0.39, 0.29) is 5.54 Å². The molecule has 0 aromatic carbocycles. The van der Waals surface area contributed by atoms with Crippen LogP contribution in [0.25, 0.3) is 0 Å². The van der Waals surface area contributed by atoms with Gasteiger partial charge in [-0.05, 0) is 31.6 Å². The fourth-order valence-corrected chi connectivity index (χ4v) is 1.68. The summed E-state index contributed by atoms with van der Waals surface area (Å²) in [5, 5.41) is 3.21. The van der Waals surface area contributed by atoms with E-state index in [0.29, 0.717) is 0 Å². The van der Waals surface area contributed by atoms with E-state index in [9.17, 15) is 4.91 Å². The molecule has 0 aliphatic heterocycles. The Morgan fingerprint density at radius 3 is 2.50 bits per heavy atom. The number of nitroso groups, excluding NO2 is 1. The average molecular weight is 169 g/mol. The zero-order valence-corrected chi connectivity index (χ0v) is 8.18. The Bertz CT molecular complexity index is 152. The molecular weight excluding hydrogens is 150 g/mol. The molecule has 2 nitrogen and oxygen atoms in total. The first-order valence-electron chi connectivity index (χ1n) is 5.07. The third-order valence-electron chi connectivity index (χ3n) is 2.90. The SMILES string of the molecule is CCCC(C)CCC1(N=O)CC1. The fourth-order valence-electron chi connectivity index (χ4n) is 1.68. The van der Waals surface area contributed by atoms with Crippen LogP contribution in [0, 0.1) is 10.8 Å². The van der Waals surface area contributed by atoms with Crippen molar-refractivity contribution in [3.63, 3.8) is 0 Å². The Morgan fingerprint density at radius 2 is 2.08 bits per heavy atom. The molecule has 1 unspecified atom stereocenters. The van der Waals surface area contributed by atoms with Crippen LogP contribution in [0.4, 0.5) is 0 Å². The average Bonchev–Trinajstić information content (AvgIpc) is 2.82. The summed E-state index contributed by atoms with van der Waals surface area (Å²) in [7, 11) is 0. The van der Waals surface area contributed by atoms with E-state index < -0.39 is 0 Å². The first-order valence-corrected chi connectivity index (χ1v) is 5.07. The van der Waals surface area contributed by atoms with E-state index >= 15 is 0 Å². The number of nitrogens with zero attached hydrogens (tertiary/aromatic N) is 1. The molecule has 1 aliphatic carbocycles. The van der Waals surface area contributed by atoms with Crippen molar-refractivity contribution in [2.45, 2.75) is 57.9 Å². The number of rotatable bonds is 6. The molecular formula is C10H19NO. The van der Waals surface area contributed by atoms with Crippen molar-refractivity contribution < 1.29 is 0 Å². The summed E-state index contributed by atoms with van der Waals surface area (Å²) in [6.45, 7) is 4.48. The third kappa shape index (κ3) is 2.58. The van der Waals surface area contributed by atoms with Gasteiger partial charge in [0.25, 0.3) is 0 Å². The van der Waals surface area contributed by atoms with Gasteiger partial charge in [-0.1, -0.05) is 31.9 Å². The highest BCUT2D eigenvalue weighted by molar-refractivity contribution is 5.01. The standard InChI is InChI=1S/C10H19NO/c1-3-4-9(2)5-6-10(11-12)7-8-10/h9H,3-8H2,1-2H3. The largest absolute Gasteiger partial charge is 0.150 e. The highest BCUT2D eigenvalue weighted by Crippen LogP contribution is 2.44. The maximum absolute atomic E-state index is 10.4. The monoisotopic (exact) mass is 169 g/mol. The minimum atomic E-state index is -0.109. The second-order valence-corrected chi connectivity index (χ2v) is 4.25. The molecule has 0 aromatic heterocycles. The van der Waals surface area contributed by atoms with E-state index in [2.05, 4.69) is 19.0 Å². The van der Waals surface area contributed by atoms with Crippen molar-refractivity contribution in [1.82, 2.24) is 0 Å². The van der Waals surface area contributed by atoms with Crippen LogP contribution in [0.3, 0.4) is 0 Å². The van der Waals surface area contributed by atoms with E-state index in [1.165, 1.54) is 19.3 Å². The van der Waals surface area contributed by atoms with Crippen LogP contribution >= 0.6 is 0 Å². The Labute approximate surface area is 74.7 Å². The van der Waals surface area contributed by atoms with Gasteiger partial charge in [-0.2, -0.15) is 4.91 Å². The minimum absolute atomic E-state index is 0.109. The van der Waals surface area contributed by atoms with Crippen LogP contribution in [-0.2, 0) is 0 Å². The van der Waals surface area contributed by atoms with E-state index in [4.69, 9.17) is 0 Å². The van der Waals surface area contributed by atoms with Gasteiger partial charge in [0.2, 0.25) is 0 Å². The molecule has 0 saturated heterocycles. The summed E-state index contributed by atoms with van der Waals surface area (Å²) < 4.78 is 0. The molecule has 1 saturated carbocycles. The molecule has 0 heterocycles. The number of hydrogen-bond acceptors (Lipinski definition) is 2. The van der Waals surface area contributed by atoms with Gasteiger partial charge in [-0.3, -0.25) is 0 Å². The second kappa shape index (κ2) is 4.01. The van der Waals surface area contributed by atoms with Gasteiger partial charge in [0, 0.05) is 0 Å². The van der Waals surface area contributed by atoms with E-state index in [0.717, 1.165) is 25.2 Å². The van der Waals surface area contributed by atoms with Crippen molar-refractivity contribution in [1.29, 1.82) is 0 Å². The molecule has 2 heteroatoms. The van der Waals surface area contributed by atoms with E-state index in [1.807, 2.05) is 0 Å². The fraction of sp³-hybridized carbons (Fsp3) is 1.00. The molecule has 1 rings (SSSR count). The van der Waals surface area contributed by atoms with Crippen LogP contribution in [0.5, 0.6) is 0 Å². The zero-order chi connectivity index (χ0) is 9.03. The van der Waals surface area contributed by atoms with Crippen molar-refractivity contribution >= 4 is 0 Å². The van der Waals surface area contributed by atoms with Gasteiger partial charge in [-0.15, -0.1) is 0 Å². The predicted molar refractivity (Wildman–Crippen MR) is 51.1 cm³/mol. The summed E-state index contributed by atoms with van der Waals surface area (Å²) in [6.07, 6.45) is 6.82. The quantitative estimate of drug-likeness (QED) is 0.559. The second-order valence-electron chi connectivity index (χ2n) is 4.25. The predicted octanol–water partition coefficient (Wildman–Crippen LogP) is 3.50. The first-order chi connectivity index (χ1) is 5.72. The molecule has 0 radical (unpaired) electrons. The van der Waals surface area contributed by atoms with Crippen molar-refractivity contribution in [2.75, 3.05) is 0 Å². The molecule has 1 atom stereocenters. The molecule has 70 valence electrons. The van der Waals surface area contributed by atoms with Gasteiger partial charge in [0.1, 0.15) is 5.54 Å². The summed E-state index contributed by atoms with van der Waals surface area (Å²) in [6, 6.07) is 0. The summed E-state index contributed by atoms with van der Waals surface area (Å²) >= 11 is 0. The molecule has 0 spiro atoms. The molecule has 0 aromatic rings. The lowest BCUT2D eigenvalue weighted by molar-refractivity contribution is 0.433. The number of hydrogen-bond donors (Lipinski definition) is 0. The zero-order valence-electron chi connectivity index (χ0n) is 8.18. The minimum Gasteiger partial charge on any atom is -0.150 e. The van der Waals surface area contributed by atoms with Crippen LogP contribution in [0.15, 0.2) is 5.18 Å². The van der Waals surface area contributed by atoms with Crippen LogP contribution in [-0.4, -0.2) is 5.54 Å². The summed E-state index contributed by atoms with van der Waals surface area (Å²) in [5.41, 5.74) is -0.109. The van der Waals surface area contributed by atoms with Crippen molar-refractivity contribution in [2.24, 2.45) is 11.1 Å². The Kier molecular flexibility index (Phi) is 3.24. The van der Waals surface area contributed by atoms with Gasteiger partial charge in [0.15, 0.2) is 0 Å². The van der Waals surface area contributed by atoms with Gasteiger partial charge < -0.3 is 0 Å². The summed E-state index contributed by atoms with van der Waals surface area (Å²) in [4.78, 5) is 10.4.